The lowest BCUT2D eigenvalue weighted by molar-refractivity contribution is 0.282. The first-order chi connectivity index (χ1) is 12.5. The lowest BCUT2D eigenvalue weighted by Gasteiger charge is -2.31. The van der Waals surface area contributed by atoms with Gasteiger partial charge < -0.3 is 5.32 Å². The first kappa shape index (κ1) is 18.8. The molecule has 6 nitrogen and oxygen atoms in total. The summed E-state index contributed by atoms with van der Waals surface area (Å²) in [5.74, 6) is 1.25. The standard InChI is InChI=1S/C19H26N4O2S/c1-16-3-5-17(6-4-16)9-14-26(24,25)23-12-7-18(8-13-23)15-22-19-20-10-2-11-21-19/h2-6,10-11,18H,7-9,12-15H2,1H3,(H,20,21,22). The number of anilines is 1. The van der Waals surface area contributed by atoms with E-state index in [2.05, 4.69) is 15.3 Å². The zero-order chi connectivity index (χ0) is 18.4. The maximum atomic E-state index is 12.6. The average molecular weight is 375 g/mol. The molecule has 0 radical (unpaired) electrons. The Balaban J connectivity index is 1.44. The van der Waals surface area contributed by atoms with Gasteiger partial charge in [-0.15, -0.1) is 0 Å². The number of aromatic nitrogens is 2. The maximum Gasteiger partial charge on any atom is 0.222 e. The number of aryl methyl sites for hydroxylation is 2. The van der Waals surface area contributed by atoms with Crippen molar-refractivity contribution in [1.29, 1.82) is 0 Å². The van der Waals surface area contributed by atoms with Crippen LogP contribution in [0.1, 0.15) is 24.0 Å². The Labute approximate surface area is 155 Å². The van der Waals surface area contributed by atoms with Crippen molar-refractivity contribution in [1.82, 2.24) is 14.3 Å². The SMILES string of the molecule is Cc1ccc(CCS(=O)(=O)N2CCC(CNc3ncccn3)CC2)cc1. The number of benzene rings is 1. The van der Waals surface area contributed by atoms with Gasteiger partial charge in [0.05, 0.1) is 5.75 Å². The molecule has 1 aliphatic heterocycles. The minimum Gasteiger partial charge on any atom is -0.354 e. The van der Waals surface area contributed by atoms with Gasteiger partial charge in [-0.2, -0.15) is 0 Å². The van der Waals surface area contributed by atoms with Crippen LogP contribution in [0, 0.1) is 12.8 Å². The van der Waals surface area contributed by atoms with E-state index in [4.69, 9.17) is 0 Å². The van der Waals surface area contributed by atoms with Crippen molar-refractivity contribution < 1.29 is 8.42 Å². The minimum atomic E-state index is -3.19. The third-order valence-corrected chi connectivity index (χ3v) is 6.72. The lowest BCUT2D eigenvalue weighted by Crippen LogP contribution is -2.41. The van der Waals surface area contributed by atoms with Crippen molar-refractivity contribution in [3.05, 3.63) is 53.9 Å². The van der Waals surface area contributed by atoms with Gasteiger partial charge in [0.1, 0.15) is 0 Å². The molecule has 1 saturated heterocycles. The molecular formula is C19H26N4O2S. The van der Waals surface area contributed by atoms with E-state index < -0.39 is 10.0 Å². The van der Waals surface area contributed by atoms with Crippen LogP contribution in [0.25, 0.3) is 0 Å². The Bertz CT molecular complexity index is 786. The Hall–Kier alpha value is -1.99. The van der Waals surface area contributed by atoms with Crippen LogP contribution in [0.5, 0.6) is 0 Å². The molecule has 0 amide bonds. The summed E-state index contributed by atoms with van der Waals surface area (Å²) >= 11 is 0. The van der Waals surface area contributed by atoms with Crippen LogP contribution in [0.4, 0.5) is 5.95 Å². The van der Waals surface area contributed by atoms with Gasteiger partial charge in [0.15, 0.2) is 0 Å². The fourth-order valence-corrected chi connectivity index (χ4v) is 4.67. The molecule has 7 heteroatoms. The fourth-order valence-electron chi connectivity index (χ4n) is 3.15. The number of rotatable bonds is 7. The van der Waals surface area contributed by atoms with Gasteiger partial charge in [-0.05, 0) is 43.7 Å². The second-order valence-corrected chi connectivity index (χ2v) is 8.94. The van der Waals surface area contributed by atoms with E-state index in [1.807, 2.05) is 31.2 Å². The number of nitrogens with one attached hydrogen (secondary N) is 1. The molecule has 2 heterocycles. The number of hydrogen-bond donors (Lipinski definition) is 1. The molecule has 0 spiro atoms. The fraction of sp³-hybridized carbons (Fsp3) is 0.474. The zero-order valence-electron chi connectivity index (χ0n) is 15.1. The average Bonchev–Trinajstić information content (AvgIpc) is 2.67. The summed E-state index contributed by atoms with van der Waals surface area (Å²) < 4.78 is 26.9. The van der Waals surface area contributed by atoms with Crippen LogP contribution in [0.15, 0.2) is 42.7 Å². The number of hydrogen-bond acceptors (Lipinski definition) is 5. The van der Waals surface area contributed by atoms with E-state index in [1.165, 1.54) is 5.56 Å². The molecule has 3 rings (SSSR count). The van der Waals surface area contributed by atoms with Gasteiger partial charge in [0, 0.05) is 32.0 Å². The molecule has 1 aromatic carbocycles. The van der Waals surface area contributed by atoms with Gasteiger partial charge in [-0.1, -0.05) is 29.8 Å². The zero-order valence-corrected chi connectivity index (χ0v) is 16.0. The highest BCUT2D eigenvalue weighted by Crippen LogP contribution is 2.20. The third-order valence-electron chi connectivity index (χ3n) is 4.85. The van der Waals surface area contributed by atoms with E-state index in [9.17, 15) is 8.42 Å². The molecule has 1 aromatic heterocycles. The van der Waals surface area contributed by atoms with Crippen molar-refractivity contribution in [2.24, 2.45) is 5.92 Å². The van der Waals surface area contributed by atoms with Crippen LogP contribution in [0.2, 0.25) is 0 Å². The van der Waals surface area contributed by atoms with Crippen LogP contribution in [0.3, 0.4) is 0 Å². The van der Waals surface area contributed by atoms with E-state index in [1.54, 1.807) is 22.8 Å². The third kappa shape index (κ3) is 5.25. The van der Waals surface area contributed by atoms with Gasteiger partial charge in [0.25, 0.3) is 0 Å². The predicted molar refractivity (Wildman–Crippen MR) is 103 cm³/mol. The van der Waals surface area contributed by atoms with Crippen molar-refractivity contribution in [3.8, 4) is 0 Å². The van der Waals surface area contributed by atoms with E-state index in [-0.39, 0.29) is 5.75 Å². The lowest BCUT2D eigenvalue weighted by atomic mass is 9.98. The summed E-state index contributed by atoms with van der Waals surface area (Å²) in [5, 5.41) is 3.23. The Morgan fingerprint density at radius 2 is 1.77 bits per heavy atom. The van der Waals surface area contributed by atoms with Crippen molar-refractivity contribution in [3.63, 3.8) is 0 Å². The molecule has 2 aromatic rings. The second-order valence-electron chi connectivity index (χ2n) is 6.85. The molecule has 1 aliphatic rings. The molecule has 1 fully saturated rings. The predicted octanol–water partition coefficient (Wildman–Crippen LogP) is 2.48. The van der Waals surface area contributed by atoms with E-state index in [0.29, 0.717) is 31.4 Å². The molecule has 0 saturated carbocycles. The Morgan fingerprint density at radius 3 is 2.42 bits per heavy atom. The minimum absolute atomic E-state index is 0.177. The van der Waals surface area contributed by atoms with Crippen LogP contribution >= 0.6 is 0 Å². The summed E-state index contributed by atoms with van der Waals surface area (Å²) in [6.07, 6.45) is 5.71. The Kier molecular flexibility index (Phi) is 6.21. The van der Waals surface area contributed by atoms with Crippen LogP contribution < -0.4 is 5.32 Å². The van der Waals surface area contributed by atoms with Gasteiger partial charge in [0.2, 0.25) is 16.0 Å². The summed E-state index contributed by atoms with van der Waals surface area (Å²) in [7, 11) is -3.19. The second kappa shape index (κ2) is 8.60. The molecule has 1 N–H and O–H groups in total. The van der Waals surface area contributed by atoms with Gasteiger partial charge in [-0.25, -0.2) is 22.7 Å². The molecule has 140 valence electrons. The molecule has 26 heavy (non-hydrogen) atoms. The normalized spacial score (nSPS) is 16.5. The van der Waals surface area contributed by atoms with E-state index >= 15 is 0 Å². The number of piperidine rings is 1. The highest BCUT2D eigenvalue weighted by Gasteiger charge is 2.27. The van der Waals surface area contributed by atoms with E-state index in [0.717, 1.165) is 24.9 Å². The summed E-state index contributed by atoms with van der Waals surface area (Å²) in [6, 6.07) is 9.85. The van der Waals surface area contributed by atoms with Crippen LogP contribution in [-0.2, 0) is 16.4 Å². The quantitative estimate of drug-likeness (QED) is 0.806. The van der Waals surface area contributed by atoms with Crippen LogP contribution in [-0.4, -0.2) is 48.1 Å². The van der Waals surface area contributed by atoms with Crippen molar-refractivity contribution in [2.75, 3.05) is 30.7 Å². The maximum absolute atomic E-state index is 12.6. The largest absolute Gasteiger partial charge is 0.354 e. The smallest absolute Gasteiger partial charge is 0.222 e. The monoisotopic (exact) mass is 374 g/mol. The number of sulfonamides is 1. The van der Waals surface area contributed by atoms with Gasteiger partial charge in [-0.3, -0.25) is 0 Å². The molecule has 0 bridgehead atoms. The number of nitrogens with zero attached hydrogens (tertiary/aromatic N) is 3. The summed E-state index contributed by atoms with van der Waals surface area (Å²) in [5.41, 5.74) is 2.26. The summed E-state index contributed by atoms with van der Waals surface area (Å²) in [4.78, 5) is 8.29. The molecule has 0 unspecified atom stereocenters. The molecule has 0 aliphatic carbocycles. The first-order valence-electron chi connectivity index (χ1n) is 9.07. The highest BCUT2D eigenvalue weighted by molar-refractivity contribution is 7.89. The molecule has 0 atom stereocenters. The van der Waals surface area contributed by atoms with Crippen molar-refractivity contribution in [2.45, 2.75) is 26.2 Å². The van der Waals surface area contributed by atoms with Crippen molar-refractivity contribution >= 4 is 16.0 Å². The topological polar surface area (TPSA) is 75.2 Å². The summed E-state index contributed by atoms with van der Waals surface area (Å²) in [6.45, 7) is 4.00. The first-order valence-corrected chi connectivity index (χ1v) is 10.7. The Morgan fingerprint density at radius 1 is 1.12 bits per heavy atom. The highest BCUT2D eigenvalue weighted by atomic mass is 32.2. The van der Waals surface area contributed by atoms with Gasteiger partial charge >= 0.3 is 0 Å². The molecular weight excluding hydrogens is 348 g/mol.